The van der Waals surface area contributed by atoms with Crippen molar-refractivity contribution in [1.82, 2.24) is 4.90 Å². The number of anilines is 1. The molecule has 2 heterocycles. The van der Waals surface area contributed by atoms with Gasteiger partial charge in [0.2, 0.25) is 0 Å². The number of benzene rings is 2. The maximum Gasteiger partial charge on any atom is 0.255 e. The summed E-state index contributed by atoms with van der Waals surface area (Å²) in [6.07, 6.45) is 2.20. The Morgan fingerprint density at radius 2 is 1.77 bits per heavy atom. The van der Waals surface area contributed by atoms with Gasteiger partial charge in [-0.3, -0.25) is 4.79 Å². The Labute approximate surface area is 154 Å². The van der Waals surface area contributed by atoms with Crippen LogP contribution in [0.15, 0.2) is 48.5 Å². The van der Waals surface area contributed by atoms with E-state index in [0.717, 1.165) is 35.8 Å². The summed E-state index contributed by atoms with van der Waals surface area (Å²) in [6, 6.07) is 15.5. The summed E-state index contributed by atoms with van der Waals surface area (Å²) >= 11 is 0. The number of para-hydroxylation sites is 3. The van der Waals surface area contributed by atoms with E-state index in [9.17, 15) is 4.79 Å². The lowest BCUT2D eigenvalue weighted by molar-refractivity contribution is 0.0521. The second-order valence-electron chi connectivity index (χ2n) is 6.89. The van der Waals surface area contributed by atoms with E-state index in [0.29, 0.717) is 13.2 Å². The summed E-state index contributed by atoms with van der Waals surface area (Å²) in [6.45, 7) is 2.97. The third-order valence-electron chi connectivity index (χ3n) is 4.97. The van der Waals surface area contributed by atoms with Crippen LogP contribution in [0.1, 0.15) is 23.2 Å². The number of hydrogen-bond acceptors (Lipinski definition) is 4. The Bertz CT molecular complexity index is 786. The van der Waals surface area contributed by atoms with Gasteiger partial charge in [0, 0.05) is 25.8 Å². The Morgan fingerprint density at radius 1 is 1.08 bits per heavy atom. The average molecular weight is 352 g/mol. The number of fused-ring (bicyclic) bond motifs is 1. The molecule has 2 aliphatic heterocycles. The van der Waals surface area contributed by atoms with E-state index in [-0.39, 0.29) is 12.0 Å². The number of amides is 1. The third kappa shape index (κ3) is 3.34. The van der Waals surface area contributed by atoms with Gasteiger partial charge in [-0.25, -0.2) is 0 Å². The van der Waals surface area contributed by atoms with Gasteiger partial charge in [-0.15, -0.1) is 0 Å². The molecular formula is C21H24N2O3. The standard InChI is InChI=1S/C21H24N2O3/c1-22(14-16-15-25-19-10-4-5-11-20(19)26-16)21(24)17-8-2-3-9-18(17)23-12-6-7-13-23/h2-5,8-11,16H,6-7,12-15H2,1H3. The molecule has 0 N–H and O–H groups in total. The second-order valence-corrected chi connectivity index (χ2v) is 6.89. The topological polar surface area (TPSA) is 42.0 Å². The minimum atomic E-state index is -0.169. The maximum atomic E-state index is 13.0. The number of nitrogens with zero attached hydrogens (tertiary/aromatic N) is 2. The zero-order chi connectivity index (χ0) is 17.9. The van der Waals surface area contributed by atoms with Crippen molar-refractivity contribution in [2.24, 2.45) is 0 Å². The van der Waals surface area contributed by atoms with Crippen molar-refractivity contribution in [2.45, 2.75) is 18.9 Å². The fourth-order valence-electron chi connectivity index (χ4n) is 3.64. The predicted octanol–water partition coefficient (Wildman–Crippen LogP) is 3.20. The summed E-state index contributed by atoms with van der Waals surface area (Å²) < 4.78 is 11.7. The Hall–Kier alpha value is -2.69. The molecule has 2 aliphatic rings. The van der Waals surface area contributed by atoms with Crippen LogP contribution >= 0.6 is 0 Å². The number of likely N-dealkylation sites (N-methyl/N-ethyl adjacent to an activating group) is 1. The zero-order valence-electron chi connectivity index (χ0n) is 15.1. The summed E-state index contributed by atoms with van der Waals surface area (Å²) in [5.41, 5.74) is 1.79. The lowest BCUT2D eigenvalue weighted by Gasteiger charge is -2.30. The average Bonchev–Trinajstić information content (AvgIpc) is 3.22. The highest BCUT2D eigenvalue weighted by atomic mass is 16.6. The summed E-state index contributed by atoms with van der Waals surface area (Å²) in [7, 11) is 1.83. The molecule has 2 aromatic rings. The largest absolute Gasteiger partial charge is 0.486 e. The first-order chi connectivity index (χ1) is 12.7. The molecule has 0 bridgehead atoms. The number of hydrogen-bond donors (Lipinski definition) is 0. The number of ether oxygens (including phenoxy) is 2. The smallest absolute Gasteiger partial charge is 0.255 e. The summed E-state index contributed by atoms with van der Waals surface area (Å²) in [5, 5.41) is 0. The van der Waals surface area contributed by atoms with Crippen LogP contribution in [0, 0.1) is 0 Å². The second kappa shape index (κ2) is 7.28. The Balaban J connectivity index is 1.46. The van der Waals surface area contributed by atoms with E-state index in [1.165, 1.54) is 12.8 Å². The number of carbonyl (C=O) groups excluding carboxylic acids is 1. The van der Waals surface area contributed by atoms with Gasteiger partial charge in [0.25, 0.3) is 5.91 Å². The van der Waals surface area contributed by atoms with Gasteiger partial charge >= 0.3 is 0 Å². The van der Waals surface area contributed by atoms with Crippen LogP contribution in [0.25, 0.3) is 0 Å². The molecule has 136 valence electrons. The molecule has 0 aliphatic carbocycles. The molecule has 0 saturated carbocycles. The van der Waals surface area contributed by atoms with Crippen LogP contribution in [0.3, 0.4) is 0 Å². The van der Waals surface area contributed by atoms with Crippen LogP contribution in [0.5, 0.6) is 11.5 Å². The van der Waals surface area contributed by atoms with Gasteiger partial charge in [-0.05, 0) is 37.1 Å². The first-order valence-electron chi connectivity index (χ1n) is 9.20. The van der Waals surface area contributed by atoms with Gasteiger partial charge < -0.3 is 19.3 Å². The lowest BCUT2D eigenvalue weighted by atomic mass is 10.1. The molecule has 5 nitrogen and oxygen atoms in total. The normalized spacial score (nSPS) is 18.7. The highest BCUT2D eigenvalue weighted by molar-refractivity contribution is 5.99. The van der Waals surface area contributed by atoms with Gasteiger partial charge in [0.05, 0.1) is 12.1 Å². The van der Waals surface area contributed by atoms with Crippen molar-refractivity contribution in [3.05, 3.63) is 54.1 Å². The van der Waals surface area contributed by atoms with Crippen molar-refractivity contribution >= 4 is 11.6 Å². The Morgan fingerprint density at radius 3 is 2.58 bits per heavy atom. The van der Waals surface area contributed by atoms with E-state index >= 15 is 0 Å². The Kier molecular flexibility index (Phi) is 4.69. The van der Waals surface area contributed by atoms with Crippen LogP contribution in [-0.2, 0) is 0 Å². The van der Waals surface area contributed by atoms with Crippen LogP contribution < -0.4 is 14.4 Å². The van der Waals surface area contributed by atoms with Gasteiger partial charge in [-0.1, -0.05) is 24.3 Å². The van der Waals surface area contributed by atoms with Crippen molar-refractivity contribution in [3.63, 3.8) is 0 Å². The van der Waals surface area contributed by atoms with Crippen molar-refractivity contribution in [1.29, 1.82) is 0 Å². The monoisotopic (exact) mass is 352 g/mol. The molecule has 1 amide bonds. The van der Waals surface area contributed by atoms with E-state index in [2.05, 4.69) is 4.90 Å². The van der Waals surface area contributed by atoms with E-state index in [1.807, 2.05) is 55.6 Å². The first kappa shape index (κ1) is 16.8. The molecule has 4 rings (SSSR count). The molecule has 2 aromatic carbocycles. The highest BCUT2D eigenvalue weighted by Gasteiger charge is 2.26. The molecule has 0 spiro atoms. The molecule has 1 atom stereocenters. The van der Waals surface area contributed by atoms with Gasteiger partial charge in [-0.2, -0.15) is 0 Å². The van der Waals surface area contributed by atoms with Crippen LogP contribution in [0.2, 0.25) is 0 Å². The first-order valence-corrected chi connectivity index (χ1v) is 9.20. The third-order valence-corrected chi connectivity index (χ3v) is 4.97. The molecule has 0 aromatic heterocycles. The minimum absolute atomic E-state index is 0.0231. The predicted molar refractivity (Wildman–Crippen MR) is 101 cm³/mol. The number of rotatable bonds is 4. The number of carbonyl (C=O) groups is 1. The molecule has 0 radical (unpaired) electrons. The van der Waals surface area contributed by atoms with Crippen LogP contribution in [-0.4, -0.2) is 50.2 Å². The van der Waals surface area contributed by atoms with Gasteiger partial charge in [0.15, 0.2) is 17.6 Å². The molecule has 26 heavy (non-hydrogen) atoms. The van der Waals surface area contributed by atoms with E-state index < -0.39 is 0 Å². The maximum absolute atomic E-state index is 13.0. The minimum Gasteiger partial charge on any atom is -0.486 e. The molecular weight excluding hydrogens is 328 g/mol. The zero-order valence-corrected chi connectivity index (χ0v) is 15.1. The fourth-order valence-corrected chi connectivity index (χ4v) is 3.64. The molecule has 1 unspecified atom stereocenters. The molecule has 5 heteroatoms. The summed E-state index contributed by atoms with van der Waals surface area (Å²) in [5.74, 6) is 1.52. The van der Waals surface area contributed by atoms with Crippen molar-refractivity contribution in [3.8, 4) is 11.5 Å². The van der Waals surface area contributed by atoms with Crippen LogP contribution in [0.4, 0.5) is 5.69 Å². The molecule has 1 fully saturated rings. The molecule has 1 saturated heterocycles. The lowest BCUT2D eigenvalue weighted by Crippen LogP contribution is -2.42. The quantitative estimate of drug-likeness (QED) is 0.847. The van der Waals surface area contributed by atoms with Crippen molar-refractivity contribution in [2.75, 3.05) is 38.2 Å². The fraction of sp³-hybridized carbons (Fsp3) is 0.381. The SMILES string of the molecule is CN(CC1COc2ccccc2O1)C(=O)c1ccccc1N1CCCC1. The van der Waals surface area contributed by atoms with Gasteiger partial charge in [0.1, 0.15) is 6.61 Å². The summed E-state index contributed by atoms with van der Waals surface area (Å²) in [4.78, 5) is 17.1. The highest BCUT2D eigenvalue weighted by Crippen LogP contribution is 2.31. The van der Waals surface area contributed by atoms with E-state index in [4.69, 9.17) is 9.47 Å². The van der Waals surface area contributed by atoms with Crippen molar-refractivity contribution < 1.29 is 14.3 Å². The van der Waals surface area contributed by atoms with E-state index in [1.54, 1.807) is 4.90 Å².